The summed E-state index contributed by atoms with van der Waals surface area (Å²) in [5, 5.41) is 9.43. The second-order valence-corrected chi connectivity index (χ2v) is 6.46. The average molecular weight is 310 g/mol. The molecule has 0 amide bonds. The van der Waals surface area contributed by atoms with E-state index in [1.807, 2.05) is 27.7 Å². The van der Waals surface area contributed by atoms with Crippen molar-refractivity contribution in [2.75, 3.05) is 5.75 Å². The third kappa shape index (κ3) is 3.12. The van der Waals surface area contributed by atoms with Crippen molar-refractivity contribution in [2.24, 2.45) is 0 Å². The molecule has 6 heteroatoms. The second kappa shape index (κ2) is 5.67. The lowest BCUT2D eigenvalue weighted by atomic mass is 9.78. The molecule has 1 aliphatic rings. The van der Waals surface area contributed by atoms with Crippen LogP contribution in [0.15, 0.2) is 23.7 Å². The fourth-order valence-electron chi connectivity index (χ4n) is 2.03. The highest BCUT2D eigenvalue weighted by molar-refractivity contribution is 7.80. The van der Waals surface area contributed by atoms with Gasteiger partial charge in [-0.1, -0.05) is 18.2 Å². The Morgan fingerprint density at radius 3 is 2.38 bits per heavy atom. The maximum atomic E-state index is 13.9. The van der Waals surface area contributed by atoms with E-state index in [1.165, 1.54) is 6.07 Å². The van der Waals surface area contributed by atoms with Gasteiger partial charge in [0.2, 0.25) is 0 Å². The van der Waals surface area contributed by atoms with E-state index in [9.17, 15) is 9.50 Å². The zero-order valence-corrected chi connectivity index (χ0v) is 13.6. The summed E-state index contributed by atoms with van der Waals surface area (Å²) in [7, 11) is -0.575. The fraction of sp³-hybridized carbons (Fsp3) is 0.467. The van der Waals surface area contributed by atoms with Gasteiger partial charge in [0.1, 0.15) is 0 Å². The van der Waals surface area contributed by atoms with E-state index in [0.717, 1.165) is 0 Å². The molecule has 0 spiro atoms. The molecule has 1 aromatic carbocycles. The van der Waals surface area contributed by atoms with E-state index >= 15 is 0 Å². The quantitative estimate of drug-likeness (QED) is 0.663. The Hall–Kier alpha value is -0.975. The maximum Gasteiger partial charge on any atom is 0.491 e. The van der Waals surface area contributed by atoms with Crippen LogP contribution in [0.25, 0.3) is 6.08 Å². The zero-order valence-electron chi connectivity index (χ0n) is 12.7. The van der Waals surface area contributed by atoms with Gasteiger partial charge in [-0.2, -0.15) is 12.6 Å². The van der Waals surface area contributed by atoms with Gasteiger partial charge >= 0.3 is 7.12 Å². The molecule has 3 nitrogen and oxygen atoms in total. The van der Waals surface area contributed by atoms with E-state index in [1.54, 1.807) is 18.2 Å². The molecule has 114 valence electrons. The highest BCUT2D eigenvalue weighted by Crippen LogP contribution is 2.39. The highest BCUT2D eigenvalue weighted by atomic mass is 32.1. The minimum Gasteiger partial charge on any atom is -0.505 e. The van der Waals surface area contributed by atoms with Gasteiger partial charge in [-0.15, -0.1) is 0 Å². The first kappa shape index (κ1) is 16.4. The Morgan fingerprint density at radius 1 is 1.29 bits per heavy atom. The molecular weight excluding hydrogens is 290 g/mol. The van der Waals surface area contributed by atoms with E-state index < -0.39 is 24.1 Å². The van der Waals surface area contributed by atoms with Crippen LogP contribution in [0.1, 0.15) is 33.3 Å². The Morgan fingerprint density at radius 2 is 1.86 bits per heavy atom. The minimum atomic E-state index is -0.659. The van der Waals surface area contributed by atoms with Crippen LogP contribution in [-0.4, -0.2) is 29.2 Å². The molecule has 1 aromatic rings. The summed E-state index contributed by atoms with van der Waals surface area (Å²) in [6, 6.07) is 4.48. The number of halogens is 1. The molecule has 1 saturated heterocycles. The van der Waals surface area contributed by atoms with Gasteiger partial charge in [0, 0.05) is 11.3 Å². The molecule has 1 aliphatic heterocycles. The number of aromatic hydroxyl groups is 1. The number of phenols is 1. The van der Waals surface area contributed by atoms with Gasteiger partial charge < -0.3 is 14.4 Å². The fourth-order valence-corrected chi connectivity index (χ4v) is 2.27. The minimum absolute atomic E-state index is 0.286. The first-order valence-corrected chi connectivity index (χ1v) is 7.45. The predicted molar refractivity (Wildman–Crippen MR) is 86.0 cm³/mol. The van der Waals surface area contributed by atoms with Crippen LogP contribution in [0.4, 0.5) is 4.39 Å². The molecule has 1 heterocycles. The summed E-state index contributed by atoms with van der Waals surface area (Å²) >= 11 is 4.28. The lowest BCUT2D eigenvalue weighted by Gasteiger charge is -2.32. The van der Waals surface area contributed by atoms with Crippen LogP contribution in [0.3, 0.4) is 0 Å². The van der Waals surface area contributed by atoms with Gasteiger partial charge in [-0.3, -0.25) is 0 Å². The van der Waals surface area contributed by atoms with Gasteiger partial charge in [0.15, 0.2) is 11.6 Å². The van der Waals surface area contributed by atoms with E-state index in [2.05, 4.69) is 12.6 Å². The van der Waals surface area contributed by atoms with Crippen LogP contribution in [0, 0.1) is 5.82 Å². The van der Waals surface area contributed by atoms with E-state index in [0.29, 0.717) is 11.2 Å². The van der Waals surface area contributed by atoms with Crippen molar-refractivity contribution in [3.8, 4) is 5.75 Å². The Kier molecular flexibility index (Phi) is 4.43. The van der Waals surface area contributed by atoms with Crippen molar-refractivity contribution in [2.45, 2.75) is 38.9 Å². The maximum absolute atomic E-state index is 13.9. The van der Waals surface area contributed by atoms with Crippen LogP contribution in [-0.2, 0) is 9.31 Å². The topological polar surface area (TPSA) is 38.7 Å². The lowest BCUT2D eigenvalue weighted by Crippen LogP contribution is -2.41. The van der Waals surface area contributed by atoms with Crippen molar-refractivity contribution in [1.82, 2.24) is 0 Å². The molecule has 21 heavy (non-hydrogen) atoms. The van der Waals surface area contributed by atoms with Gasteiger partial charge in [0.25, 0.3) is 0 Å². The first-order chi connectivity index (χ1) is 9.68. The molecule has 0 aliphatic carbocycles. The normalized spacial score (nSPS) is 20.9. The predicted octanol–water partition coefficient (Wildman–Crippen LogP) is 3.48. The molecule has 0 radical (unpaired) electrons. The van der Waals surface area contributed by atoms with Crippen molar-refractivity contribution in [3.05, 3.63) is 35.1 Å². The number of thiol groups is 1. The standard InChI is InChI=1S/C15H20BFO3S/c1-14(2)15(3,4)20-16(19-14)11(9-21)8-10-6-5-7-12(18)13(10)17/h5-8,18,21H,9H2,1-4H3. The summed E-state index contributed by atoms with van der Waals surface area (Å²) < 4.78 is 25.8. The molecule has 1 fully saturated rings. The van der Waals surface area contributed by atoms with Crippen LogP contribution < -0.4 is 0 Å². The number of rotatable bonds is 3. The molecule has 0 saturated carbocycles. The third-order valence-corrected chi connectivity index (χ3v) is 4.45. The molecule has 0 aromatic heterocycles. The Balaban J connectivity index is 2.33. The van der Waals surface area contributed by atoms with Gasteiger partial charge in [-0.25, -0.2) is 4.39 Å². The molecule has 2 rings (SSSR count). The van der Waals surface area contributed by atoms with E-state index in [-0.39, 0.29) is 11.3 Å². The van der Waals surface area contributed by atoms with Gasteiger partial charge in [0.05, 0.1) is 11.2 Å². The van der Waals surface area contributed by atoms with Crippen molar-refractivity contribution in [1.29, 1.82) is 0 Å². The summed E-state index contributed by atoms with van der Waals surface area (Å²) in [6.07, 6.45) is 1.62. The van der Waals surface area contributed by atoms with Gasteiger partial charge in [-0.05, 0) is 39.2 Å². The number of hydrogen-bond acceptors (Lipinski definition) is 4. The van der Waals surface area contributed by atoms with Crippen LogP contribution >= 0.6 is 12.6 Å². The monoisotopic (exact) mass is 310 g/mol. The summed E-state index contributed by atoms with van der Waals surface area (Å²) in [5.41, 5.74) is 0.0731. The zero-order chi connectivity index (χ0) is 15.8. The highest BCUT2D eigenvalue weighted by Gasteiger charge is 2.52. The number of hydrogen-bond donors (Lipinski definition) is 2. The largest absolute Gasteiger partial charge is 0.505 e. The molecule has 0 bridgehead atoms. The summed E-state index contributed by atoms with van der Waals surface area (Å²) in [5.74, 6) is -0.671. The lowest BCUT2D eigenvalue weighted by molar-refractivity contribution is 0.00578. The van der Waals surface area contributed by atoms with Crippen molar-refractivity contribution in [3.63, 3.8) is 0 Å². The van der Waals surface area contributed by atoms with Crippen molar-refractivity contribution < 1.29 is 18.8 Å². The molecule has 1 N–H and O–H groups in total. The Bertz CT molecular complexity index is 556. The molecule has 0 atom stereocenters. The molecule has 0 unspecified atom stereocenters. The second-order valence-electron chi connectivity index (χ2n) is 6.15. The average Bonchev–Trinajstić information content (AvgIpc) is 2.60. The number of benzene rings is 1. The van der Waals surface area contributed by atoms with E-state index in [4.69, 9.17) is 9.31 Å². The third-order valence-electron chi connectivity index (χ3n) is 4.09. The SMILES string of the molecule is CC1(C)OB(C(=Cc2cccc(O)c2F)CS)OC1(C)C. The smallest absolute Gasteiger partial charge is 0.491 e. The van der Waals surface area contributed by atoms with Crippen LogP contribution in [0.5, 0.6) is 5.75 Å². The summed E-state index contributed by atoms with van der Waals surface area (Å²) in [4.78, 5) is 0. The van der Waals surface area contributed by atoms with Crippen molar-refractivity contribution >= 4 is 25.8 Å². The molecular formula is C15H20BFO3S. The number of phenolic OH excluding ortho intramolecular Hbond substituents is 1. The summed E-state index contributed by atoms with van der Waals surface area (Å²) in [6.45, 7) is 7.83. The first-order valence-electron chi connectivity index (χ1n) is 6.82. The van der Waals surface area contributed by atoms with Crippen LogP contribution in [0.2, 0.25) is 0 Å². The Labute approximate surface area is 130 Å².